The molecule has 2 amide bonds. The molecule has 0 N–H and O–H groups in total. The Morgan fingerprint density at radius 1 is 1.36 bits per heavy atom. The van der Waals surface area contributed by atoms with Crippen LogP contribution in [0.25, 0.3) is 10.6 Å². The van der Waals surface area contributed by atoms with E-state index in [4.69, 9.17) is 16.3 Å². The smallest absolute Gasteiger partial charge is 0.240 e. The van der Waals surface area contributed by atoms with Gasteiger partial charge in [-0.05, 0) is 38.0 Å². The summed E-state index contributed by atoms with van der Waals surface area (Å²) in [5.41, 5.74) is 0.814. The Bertz CT molecular complexity index is 900. The summed E-state index contributed by atoms with van der Waals surface area (Å²) in [5, 5.41) is 3.17. The minimum atomic E-state index is -0.512. The van der Waals surface area contributed by atoms with Crippen LogP contribution in [-0.4, -0.2) is 28.5 Å². The molecule has 2 aromatic rings. The van der Waals surface area contributed by atoms with Crippen molar-refractivity contribution in [2.75, 3.05) is 4.90 Å². The SMILES string of the molecule is CC12CCC(O1)[C@H]1C(=O)N(c3ccc(-c4nccs4)c(Cl)c3)C(=O)[C@H]12. The highest BCUT2D eigenvalue weighted by Crippen LogP contribution is 2.55. The molecule has 3 fully saturated rings. The molecule has 5 nitrogen and oxygen atoms in total. The molecule has 4 atom stereocenters. The van der Waals surface area contributed by atoms with E-state index in [0.29, 0.717) is 10.7 Å². The van der Waals surface area contributed by atoms with Gasteiger partial charge < -0.3 is 4.74 Å². The van der Waals surface area contributed by atoms with E-state index in [0.717, 1.165) is 23.4 Å². The van der Waals surface area contributed by atoms with Crippen molar-refractivity contribution in [3.05, 3.63) is 34.8 Å². The largest absolute Gasteiger partial charge is 0.370 e. The number of aromatic nitrogens is 1. The van der Waals surface area contributed by atoms with Crippen LogP contribution in [0.4, 0.5) is 5.69 Å². The second-order valence-corrected chi connectivity index (χ2v) is 8.33. The first-order chi connectivity index (χ1) is 12.0. The number of hydrogen-bond acceptors (Lipinski definition) is 5. The number of anilines is 1. The fourth-order valence-electron chi connectivity index (χ4n) is 4.51. The Morgan fingerprint density at radius 3 is 2.88 bits per heavy atom. The van der Waals surface area contributed by atoms with Crippen molar-refractivity contribution in [2.24, 2.45) is 11.8 Å². The van der Waals surface area contributed by atoms with Crippen molar-refractivity contribution >= 4 is 40.4 Å². The third-order valence-corrected chi connectivity index (χ3v) is 6.75. The van der Waals surface area contributed by atoms with Crippen LogP contribution in [0.3, 0.4) is 0 Å². The zero-order chi connectivity index (χ0) is 17.3. The minimum Gasteiger partial charge on any atom is -0.370 e. The molecule has 1 aromatic heterocycles. The van der Waals surface area contributed by atoms with E-state index in [9.17, 15) is 9.59 Å². The summed E-state index contributed by atoms with van der Waals surface area (Å²) >= 11 is 7.90. The quantitative estimate of drug-likeness (QED) is 0.754. The summed E-state index contributed by atoms with van der Waals surface area (Å²) in [6, 6.07) is 5.27. The highest BCUT2D eigenvalue weighted by Gasteiger charge is 2.67. The monoisotopic (exact) mass is 374 g/mol. The molecule has 0 saturated carbocycles. The van der Waals surface area contributed by atoms with Gasteiger partial charge in [0.05, 0.1) is 34.3 Å². The molecule has 3 aliphatic rings. The number of carbonyl (C=O) groups is 2. The lowest BCUT2D eigenvalue weighted by Crippen LogP contribution is -2.39. The highest BCUT2D eigenvalue weighted by atomic mass is 35.5. The average Bonchev–Trinajstić information content (AvgIpc) is 3.31. The van der Waals surface area contributed by atoms with E-state index in [-0.39, 0.29) is 29.8 Å². The van der Waals surface area contributed by atoms with Crippen LogP contribution in [0.1, 0.15) is 19.8 Å². The maximum Gasteiger partial charge on any atom is 0.240 e. The molecule has 1 aromatic carbocycles. The van der Waals surface area contributed by atoms with Crippen LogP contribution in [0, 0.1) is 11.8 Å². The molecule has 128 valence electrons. The zero-order valence-electron chi connectivity index (χ0n) is 13.4. The van der Waals surface area contributed by atoms with Gasteiger partial charge in [-0.3, -0.25) is 9.59 Å². The van der Waals surface area contributed by atoms with Gasteiger partial charge in [0.2, 0.25) is 11.8 Å². The Hall–Kier alpha value is -1.76. The van der Waals surface area contributed by atoms with Crippen LogP contribution in [0.5, 0.6) is 0 Å². The fraction of sp³-hybridized carbons (Fsp3) is 0.389. The molecule has 3 aliphatic heterocycles. The van der Waals surface area contributed by atoms with Crippen LogP contribution >= 0.6 is 22.9 Å². The first kappa shape index (κ1) is 15.5. The van der Waals surface area contributed by atoms with Gasteiger partial charge in [0, 0.05) is 17.1 Å². The molecule has 0 aliphatic carbocycles. The molecule has 2 bridgehead atoms. The number of carbonyl (C=O) groups excluding carboxylic acids is 2. The van der Waals surface area contributed by atoms with Gasteiger partial charge >= 0.3 is 0 Å². The molecular formula is C18H15ClN2O3S. The van der Waals surface area contributed by atoms with Gasteiger partial charge in [0.15, 0.2) is 0 Å². The maximum atomic E-state index is 13.0. The highest BCUT2D eigenvalue weighted by molar-refractivity contribution is 7.13. The zero-order valence-corrected chi connectivity index (χ0v) is 15.0. The second kappa shape index (κ2) is 5.13. The van der Waals surface area contributed by atoms with Gasteiger partial charge in [-0.1, -0.05) is 11.6 Å². The molecule has 5 rings (SSSR count). The van der Waals surface area contributed by atoms with Crippen LogP contribution in [-0.2, 0) is 14.3 Å². The predicted molar refractivity (Wildman–Crippen MR) is 94.5 cm³/mol. The van der Waals surface area contributed by atoms with Crippen molar-refractivity contribution in [3.8, 4) is 10.6 Å². The Morgan fingerprint density at radius 2 is 2.20 bits per heavy atom. The first-order valence-corrected chi connectivity index (χ1v) is 9.50. The van der Waals surface area contributed by atoms with E-state index < -0.39 is 5.60 Å². The van der Waals surface area contributed by atoms with Gasteiger partial charge in [-0.15, -0.1) is 11.3 Å². The number of halogens is 1. The number of hydrogen-bond donors (Lipinski definition) is 0. The first-order valence-electron chi connectivity index (χ1n) is 8.25. The summed E-state index contributed by atoms with van der Waals surface area (Å²) in [4.78, 5) is 31.5. The summed E-state index contributed by atoms with van der Waals surface area (Å²) < 4.78 is 5.94. The average molecular weight is 375 g/mol. The molecule has 3 saturated heterocycles. The summed E-state index contributed by atoms with van der Waals surface area (Å²) in [5.74, 6) is -1.07. The van der Waals surface area contributed by atoms with E-state index in [1.807, 2.05) is 18.4 Å². The lowest BCUT2D eigenvalue weighted by molar-refractivity contribution is -0.126. The molecule has 0 spiro atoms. The van der Waals surface area contributed by atoms with Crippen LogP contribution < -0.4 is 4.90 Å². The van der Waals surface area contributed by atoms with Crippen molar-refractivity contribution in [1.82, 2.24) is 4.98 Å². The fourth-order valence-corrected chi connectivity index (χ4v) is 5.51. The van der Waals surface area contributed by atoms with Gasteiger partial charge in [-0.2, -0.15) is 0 Å². The number of benzene rings is 1. The number of nitrogens with zero attached hydrogens (tertiary/aromatic N) is 2. The molecule has 4 heterocycles. The van der Waals surface area contributed by atoms with E-state index in [1.54, 1.807) is 18.3 Å². The number of imide groups is 1. The standard InChI is InChI=1S/C18H15ClN2O3S/c1-18-5-4-12(24-18)13-14(18)17(23)21(16(13)22)9-2-3-10(11(19)8-9)15-20-6-7-25-15/h2-3,6-8,12-14H,4-5H2,1H3/t12?,13-,14+,18?/m1/s1. The summed E-state index contributed by atoms with van der Waals surface area (Å²) in [7, 11) is 0. The summed E-state index contributed by atoms with van der Waals surface area (Å²) in [6.07, 6.45) is 3.25. The second-order valence-electron chi connectivity index (χ2n) is 7.02. The minimum absolute atomic E-state index is 0.137. The van der Waals surface area contributed by atoms with Gasteiger partial charge in [-0.25, -0.2) is 9.88 Å². The van der Waals surface area contributed by atoms with Crippen LogP contribution in [0.2, 0.25) is 5.02 Å². The van der Waals surface area contributed by atoms with Crippen molar-refractivity contribution in [2.45, 2.75) is 31.5 Å². The number of thiazole rings is 1. The third kappa shape index (κ3) is 2.02. The van der Waals surface area contributed by atoms with Crippen molar-refractivity contribution in [1.29, 1.82) is 0 Å². The Balaban J connectivity index is 1.53. The Kier molecular flexibility index (Phi) is 3.18. The lowest BCUT2D eigenvalue weighted by atomic mass is 9.74. The lowest BCUT2D eigenvalue weighted by Gasteiger charge is -2.26. The molecule has 0 radical (unpaired) electrons. The molecule has 7 heteroatoms. The van der Waals surface area contributed by atoms with Gasteiger partial charge in [0.25, 0.3) is 0 Å². The van der Waals surface area contributed by atoms with Crippen molar-refractivity contribution in [3.63, 3.8) is 0 Å². The molecule has 2 unspecified atom stereocenters. The third-order valence-electron chi connectivity index (χ3n) is 5.63. The molecular weight excluding hydrogens is 360 g/mol. The van der Waals surface area contributed by atoms with E-state index in [1.165, 1.54) is 16.2 Å². The number of amides is 2. The van der Waals surface area contributed by atoms with Crippen LogP contribution in [0.15, 0.2) is 29.8 Å². The van der Waals surface area contributed by atoms with Gasteiger partial charge in [0.1, 0.15) is 5.01 Å². The topological polar surface area (TPSA) is 59.5 Å². The summed E-state index contributed by atoms with van der Waals surface area (Å²) in [6.45, 7) is 1.95. The van der Waals surface area contributed by atoms with E-state index >= 15 is 0 Å². The Labute approximate surface area is 153 Å². The van der Waals surface area contributed by atoms with Crippen molar-refractivity contribution < 1.29 is 14.3 Å². The number of ether oxygens (including phenoxy) is 1. The maximum absolute atomic E-state index is 13.0. The normalized spacial score (nSPS) is 33.4. The van der Waals surface area contributed by atoms with E-state index in [2.05, 4.69) is 4.98 Å². The predicted octanol–water partition coefficient (Wildman–Crippen LogP) is 3.52. The molecule has 25 heavy (non-hydrogen) atoms. The number of fused-ring (bicyclic) bond motifs is 5. The number of rotatable bonds is 2.